The Morgan fingerprint density at radius 3 is 3.05 bits per heavy atom. The molecule has 0 aliphatic carbocycles. The number of rotatable bonds is 7. The lowest BCUT2D eigenvalue weighted by Crippen LogP contribution is -2.34. The first-order valence-electron chi connectivity index (χ1n) is 6.01. The molecule has 0 saturated heterocycles. The van der Waals surface area contributed by atoms with Gasteiger partial charge in [-0.2, -0.15) is 0 Å². The zero-order valence-electron chi connectivity index (χ0n) is 10.9. The first kappa shape index (κ1) is 18.2. The number of unbranched alkanes of at least 4 members (excludes halogenated alkanes) is 1. The zero-order chi connectivity index (χ0) is 13.2. The van der Waals surface area contributed by atoms with Crippen molar-refractivity contribution >= 4 is 41.5 Å². The van der Waals surface area contributed by atoms with Crippen molar-refractivity contribution in [3.63, 3.8) is 0 Å². The molecule has 0 aliphatic rings. The van der Waals surface area contributed by atoms with E-state index in [1.165, 1.54) is 0 Å². The first-order chi connectivity index (χ1) is 8.74. The summed E-state index contributed by atoms with van der Waals surface area (Å²) < 4.78 is 5.40. The Hall–Kier alpha value is -0.760. The van der Waals surface area contributed by atoms with E-state index in [-0.39, 0.29) is 24.0 Å². The quantitative estimate of drug-likeness (QED) is 0.320. The van der Waals surface area contributed by atoms with Gasteiger partial charge in [-0.3, -0.25) is 4.99 Å². The van der Waals surface area contributed by atoms with Crippen LogP contribution in [-0.2, 0) is 0 Å². The molecule has 0 amide bonds. The van der Waals surface area contributed by atoms with Crippen molar-refractivity contribution in [1.82, 2.24) is 10.3 Å². The lowest BCUT2D eigenvalue weighted by molar-refractivity contribution is 0.310. The highest BCUT2D eigenvalue weighted by atomic mass is 127. The molecular formula is C12H20ClIN4O. The number of ether oxygens (including phenoxy) is 1. The molecule has 0 spiro atoms. The maximum absolute atomic E-state index is 5.89. The number of aromatic nitrogens is 1. The fourth-order valence-electron chi connectivity index (χ4n) is 1.22. The van der Waals surface area contributed by atoms with Crippen LogP contribution < -0.4 is 15.8 Å². The van der Waals surface area contributed by atoms with Crippen LogP contribution in [0.4, 0.5) is 0 Å². The highest BCUT2D eigenvalue weighted by Gasteiger charge is 2.00. The van der Waals surface area contributed by atoms with Crippen LogP contribution in [0.15, 0.2) is 23.3 Å². The Morgan fingerprint density at radius 1 is 1.58 bits per heavy atom. The molecule has 0 atom stereocenters. The second-order valence-corrected chi connectivity index (χ2v) is 4.09. The minimum Gasteiger partial charge on any atom is -0.475 e. The van der Waals surface area contributed by atoms with Gasteiger partial charge in [-0.05, 0) is 18.6 Å². The summed E-state index contributed by atoms with van der Waals surface area (Å²) in [5.74, 6) is 0.877. The number of nitrogens with zero attached hydrogens (tertiary/aromatic N) is 2. The fourth-order valence-corrected chi connectivity index (χ4v) is 1.39. The lowest BCUT2D eigenvalue weighted by Gasteiger charge is -2.08. The normalized spacial score (nSPS) is 10.7. The number of nitrogens with one attached hydrogen (secondary N) is 1. The van der Waals surface area contributed by atoms with Crippen LogP contribution in [0.25, 0.3) is 0 Å². The molecule has 3 N–H and O–H groups in total. The number of nitrogens with two attached hydrogens (primary N) is 1. The summed E-state index contributed by atoms with van der Waals surface area (Å²) in [5, 5.41) is 3.47. The van der Waals surface area contributed by atoms with Gasteiger partial charge in [0.1, 0.15) is 11.6 Å². The largest absolute Gasteiger partial charge is 0.475 e. The summed E-state index contributed by atoms with van der Waals surface area (Å²) in [4.78, 5) is 8.17. The van der Waals surface area contributed by atoms with Crippen molar-refractivity contribution in [2.45, 2.75) is 19.8 Å². The van der Waals surface area contributed by atoms with E-state index in [1.54, 1.807) is 18.3 Å². The van der Waals surface area contributed by atoms with Crippen LogP contribution in [0.2, 0.25) is 5.02 Å². The van der Waals surface area contributed by atoms with Crippen LogP contribution in [-0.4, -0.2) is 30.6 Å². The maximum atomic E-state index is 5.89. The molecule has 1 aromatic heterocycles. The van der Waals surface area contributed by atoms with Crippen LogP contribution in [0.3, 0.4) is 0 Å². The van der Waals surface area contributed by atoms with Gasteiger partial charge in [-0.25, -0.2) is 4.98 Å². The first-order valence-corrected chi connectivity index (χ1v) is 6.39. The van der Waals surface area contributed by atoms with Gasteiger partial charge in [0, 0.05) is 12.7 Å². The molecule has 1 aromatic rings. The van der Waals surface area contributed by atoms with Gasteiger partial charge in [0.2, 0.25) is 5.88 Å². The van der Waals surface area contributed by atoms with E-state index >= 15 is 0 Å². The van der Waals surface area contributed by atoms with Crippen molar-refractivity contribution in [1.29, 1.82) is 0 Å². The Bertz CT molecular complexity index is 390. The van der Waals surface area contributed by atoms with Crippen molar-refractivity contribution in [2.24, 2.45) is 10.7 Å². The van der Waals surface area contributed by atoms with Crippen LogP contribution in [0.1, 0.15) is 19.8 Å². The minimum absolute atomic E-state index is 0. The van der Waals surface area contributed by atoms with E-state index in [2.05, 4.69) is 22.2 Å². The van der Waals surface area contributed by atoms with Gasteiger partial charge in [0.05, 0.1) is 6.54 Å². The second kappa shape index (κ2) is 11.1. The SMILES string of the molecule is CCCCN=C(N)NCCOc1ncccc1Cl.I. The van der Waals surface area contributed by atoms with Crippen molar-refractivity contribution in [3.8, 4) is 5.88 Å². The summed E-state index contributed by atoms with van der Waals surface area (Å²) in [6.45, 7) is 3.86. The minimum atomic E-state index is 0. The Labute approximate surface area is 136 Å². The molecule has 0 radical (unpaired) electrons. The average molecular weight is 399 g/mol. The zero-order valence-corrected chi connectivity index (χ0v) is 14.0. The Balaban J connectivity index is 0.00000324. The molecule has 1 rings (SSSR count). The van der Waals surface area contributed by atoms with E-state index < -0.39 is 0 Å². The smallest absolute Gasteiger partial charge is 0.232 e. The highest BCUT2D eigenvalue weighted by molar-refractivity contribution is 14.0. The molecule has 0 unspecified atom stereocenters. The van der Waals surface area contributed by atoms with Crippen molar-refractivity contribution in [3.05, 3.63) is 23.4 Å². The molecular weight excluding hydrogens is 379 g/mol. The third-order valence-electron chi connectivity index (χ3n) is 2.17. The molecule has 0 bridgehead atoms. The molecule has 1 heterocycles. The second-order valence-electron chi connectivity index (χ2n) is 3.69. The monoisotopic (exact) mass is 398 g/mol. The third-order valence-corrected chi connectivity index (χ3v) is 2.45. The van der Waals surface area contributed by atoms with Crippen LogP contribution in [0.5, 0.6) is 5.88 Å². The molecule has 108 valence electrons. The average Bonchev–Trinajstić information content (AvgIpc) is 2.37. The van der Waals surface area contributed by atoms with Crippen LogP contribution >= 0.6 is 35.6 Å². The van der Waals surface area contributed by atoms with Crippen molar-refractivity contribution in [2.75, 3.05) is 19.7 Å². The summed E-state index contributed by atoms with van der Waals surface area (Å²) in [6.07, 6.45) is 3.79. The number of hydrogen-bond donors (Lipinski definition) is 2. The van der Waals surface area contributed by atoms with Gasteiger partial charge in [-0.1, -0.05) is 24.9 Å². The van der Waals surface area contributed by atoms with E-state index in [1.807, 2.05) is 0 Å². The van der Waals surface area contributed by atoms with Gasteiger partial charge in [-0.15, -0.1) is 24.0 Å². The molecule has 19 heavy (non-hydrogen) atoms. The number of halogens is 2. The maximum Gasteiger partial charge on any atom is 0.232 e. The number of aliphatic imine (C=N–C) groups is 1. The van der Waals surface area contributed by atoms with Gasteiger partial charge < -0.3 is 15.8 Å². The predicted molar refractivity (Wildman–Crippen MR) is 89.6 cm³/mol. The predicted octanol–water partition coefficient (Wildman–Crippen LogP) is 2.44. The van der Waals surface area contributed by atoms with Crippen LogP contribution in [0, 0.1) is 0 Å². The number of pyridine rings is 1. The van der Waals surface area contributed by atoms with Gasteiger partial charge in [0.25, 0.3) is 0 Å². The van der Waals surface area contributed by atoms with E-state index in [4.69, 9.17) is 22.1 Å². The summed E-state index contributed by atoms with van der Waals surface area (Å²) >= 11 is 5.89. The Morgan fingerprint density at radius 2 is 2.37 bits per heavy atom. The van der Waals surface area contributed by atoms with E-state index in [0.717, 1.165) is 19.4 Å². The standard InChI is InChI=1S/C12H19ClN4O.HI/c1-2-3-6-16-12(14)17-8-9-18-11-10(13)5-4-7-15-11;/h4-5,7H,2-3,6,8-9H2,1H3,(H3,14,16,17);1H. The summed E-state index contributed by atoms with van der Waals surface area (Å²) in [5.41, 5.74) is 5.67. The number of hydrogen-bond acceptors (Lipinski definition) is 3. The summed E-state index contributed by atoms with van der Waals surface area (Å²) in [6, 6.07) is 3.49. The third kappa shape index (κ3) is 8.10. The number of guanidine groups is 1. The van der Waals surface area contributed by atoms with Gasteiger partial charge >= 0.3 is 0 Å². The summed E-state index contributed by atoms with van der Waals surface area (Å²) in [7, 11) is 0. The fraction of sp³-hybridized carbons (Fsp3) is 0.500. The Kier molecular flexibility index (Phi) is 10.7. The topological polar surface area (TPSA) is 72.5 Å². The molecule has 7 heteroatoms. The van der Waals surface area contributed by atoms with Crippen molar-refractivity contribution < 1.29 is 4.74 Å². The van der Waals surface area contributed by atoms with E-state index in [0.29, 0.717) is 30.0 Å². The molecule has 0 fully saturated rings. The molecule has 0 aromatic carbocycles. The molecule has 0 saturated carbocycles. The molecule has 0 aliphatic heterocycles. The van der Waals surface area contributed by atoms with E-state index in [9.17, 15) is 0 Å². The molecule has 5 nitrogen and oxygen atoms in total. The highest BCUT2D eigenvalue weighted by Crippen LogP contribution is 2.19. The van der Waals surface area contributed by atoms with Gasteiger partial charge in [0.15, 0.2) is 5.96 Å². The lowest BCUT2D eigenvalue weighted by atomic mass is 10.3.